The van der Waals surface area contributed by atoms with Gasteiger partial charge in [-0.3, -0.25) is 9.80 Å². The standard InChI is InChI=1S/C18H22N4O2S/c1-13-10-15(24-20-13)11-21-5-7-22(8-6-21)12-16-14(2)23-18(19-16)17-4-3-9-25-17/h3-4,9-10H,5-8,11-12H2,1-2H3. The fourth-order valence-corrected chi connectivity index (χ4v) is 3.76. The lowest BCUT2D eigenvalue weighted by Crippen LogP contribution is -2.45. The molecule has 3 aromatic rings. The summed E-state index contributed by atoms with van der Waals surface area (Å²) >= 11 is 1.66. The van der Waals surface area contributed by atoms with Crippen molar-refractivity contribution >= 4 is 11.3 Å². The minimum absolute atomic E-state index is 0.738. The smallest absolute Gasteiger partial charge is 0.236 e. The van der Waals surface area contributed by atoms with Crippen molar-refractivity contribution in [2.75, 3.05) is 26.2 Å². The highest BCUT2D eigenvalue weighted by Crippen LogP contribution is 2.26. The van der Waals surface area contributed by atoms with Gasteiger partial charge in [0.15, 0.2) is 5.76 Å². The first-order valence-corrected chi connectivity index (χ1v) is 9.42. The van der Waals surface area contributed by atoms with Gasteiger partial charge < -0.3 is 8.94 Å². The maximum Gasteiger partial charge on any atom is 0.236 e. The Balaban J connectivity index is 1.33. The van der Waals surface area contributed by atoms with Crippen LogP contribution in [-0.4, -0.2) is 46.1 Å². The number of aryl methyl sites for hydroxylation is 2. The summed E-state index contributed by atoms with van der Waals surface area (Å²) < 4.78 is 11.2. The molecule has 0 N–H and O–H groups in total. The van der Waals surface area contributed by atoms with Gasteiger partial charge in [0.25, 0.3) is 0 Å². The minimum atomic E-state index is 0.738. The van der Waals surface area contributed by atoms with E-state index in [4.69, 9.17) is 13.9 Å². The minimum Gasteiger partial charge on any atom is -0.440 e. The zero-order valence-electron chi connectivity index (χ0n) is 14.6. The van der Waals surface area contributed by atoms with Crippen LogP contribution in [0.1, 0.15) is 22.9 Å². The van der Waals surface area contributed by atoms with E-state index in [1.165, 1.54) is 0 Å². The first-order valence-electron chi connectivity index (χ1n) is 8.54. The van der Waals surface area contributed by atoms with Crippen LogP contribution < -0.4 is 0 Å². The lowest BCUT2D eigenvalue weighted by atomic mass is 10.2. The van der Waals surface area contributed by atoms with E-state index in [1.54, 1.807) is 11.3 Å². The third-order valence-electron chi connectivity index (χ3n) is 4.52. The summed E-state index contributed by atoms with van der Waals surface area (Å²) in [5, 5.41) is 6.00. The van der Waals surface area contributed by atoms with Gasteiger partial charge in [-0.25, -0.2) is 4.98 Å². The van der Waals surface area contributed by atoms with Gasteiger partial charge in [0, 0.05) is 38.8 Å². The predicted molar refractivity (Wildman–Crippen MR) is 96.3 cm³/mol. The Hall–Kier alpha value is -1.96. The number of piperazine rings is 1. The van der Waals surface area contributed by atoms with Gasteiger partial charge in [-0.15, -0.1) is 11.3 Å². The van der Waals surface area contributed by atoms with Crippen molar-refractivity contribution in [2.24, 2.45) is 0 Å². The van der Waals surface area contributed by atoms with Gasteiger partial charge in [-0.1, -0.05) is 11.2 Å². The quantitative estimate of drug-likeness (QED) is 0.697. The summed E-state index contributed by atoms with van der Waals surface area (Å²) in [5.74, 6) is 2.60. The first kappa shape index (κ1) is 16.5. The molecule has 0 aliphatic carbocycles. The monoisotopic (exact) mass is 358 g/mol. The molecule has 6 nitrogen and oxygen atoms in total. The van der Waals surface area contributed by atoms with E-state index in [0.29, 0.717) is 0 Å². The van der Waals surface area contributed by atoms with E-state index in [0.717, 1.165) is 72.9 Å². The molecule has 0 bridgehead atoms. The summed E-state index contributed by atoms with van der Waals surface area (Å²) in [6.45, 7) is 9.72. The zero-order chi connectivity index (χ0) is 17.2. The average molecular weight is 358 g/mol. The van der Waals surface area contributed by atoms with E-state index in [1.807, 2.05) is 37.4 Å². The topological polar surface area (TPSA) is 58.5 Å². The maximum atomic E-state index is 5.85. The lowest BCUT2D eigenvalue weighted by Gasteiger charge is -2.33. The fraction of sp³-hybridized carbons (Fsp3) is 0.444. The van der Waals surface area contributed by atoms with Crippen LogP contribution in [0, 0.1) is 13.8 Å². The van der Waals surface area contributed by atoms with Gasteiger partial charge >= 0.3 is 0 Å². The molecule has 1 fully saturated rings. The highest BCUT2D eigenvalue weighted by molar-refractivity contribution is 7.13. The van der Waals surface area contributed by atoms with Crippen LogP contribution in [-0.2, 0) is 13.1 Å². The van der Waals surface area contributed by atoms with Crippen LogP contribution >= 0.6 is 11.3 Å². The second-order valence-corrected chi connectivity index (χ2v) is 7.43. The molecule has 0 unspecified atom stereocenters. The molecular formula is C18H22N4O2S. The molecule has 0 spiro atoms. The SMILES string of the molecule is Cc1cc(CN2CCN(Cc3nc(-c4cccs4)oc3C)CC2)on1. The molecule has 1 aliphatic rings. The number of nitrogens with zero attached hydrogens (tertiary/aromatic N) is 4. The molecule has 0 aromatic carbocycles. The van der Waals surface area contributed by atoms with Crippen LogP contribution in [0.15, 0.2) is 32.5 Å². The molecule has 1 aliphatic heterocycles. The number of hydrogen-bond acceptors (Lipinski definition) is 7. The molecule has 3 aromatic heterocycles. The van der Waals surface area contributed by atoms with Crippen molar-refractivity contribution in [3.63, 3.8) is 0 Å². The van der Waals surface area contributed by atoms with E-state index >= 15 is 0 Å². The Bertz CT molecular complexity index is 816. The summed E-state index contributed by atoms with van der Waals surface area (Å²) in [6.07, 6.45) is 0. The van der Waals surface area contributed by atoms with Gasteiger partial charge in [0.2, 0.25) is 5.89 Å². The predicted octanol–water partition coefficient (Wildman–Crippen LogP) is 3.33. The third-order valence-corrected chi connectivity index (χ3v) is 5.38. The number of hydrogen-bond donors (Lipinski definition) is 0. The Morgan fingerprint density at radius 3 is 2.52 bits per heavy atom. The summed E-state index contributed by atoms with van der Waals surface area (Å²) in [7, 11) is 0. The maximum absolute atomic E-state index is 5.85. The number of oxazole rings is 1. The summed E-state index contributed by atoms with van der Waals surface area (Å²) in [6, 6.07) is 6.08. The highest BCUT2D eigenvalue weighted by Gasteiger charge is 2.21. The number of thiophene rings is 1. The normalized spacial score (nSPS) is 16.6. The van der Waals surface area contributed by atoms with Gasteiger partial charge in [0.05, 0.1) is 22.8 Å². The molecule has 132 valence electrons. The van der Waals surface area contributed by atoms with Crippen molar-refractivity contribution in [1.29, 1.82) is 0 Å². The molecule has 0 saturated carbocycles. The molecule has 0 radical (unpaired) electrons. The molecule has 1 saturated heterocycles. The van der Waals surface area contributed by atoms with Crippen molar-refractivity contribution < 1.29 is 8.94 Å². The van der Waals surface area contributed by atoms with Crippen molar-refractivity contribution in [3.8, 4) is 10.8 Å². The average Bonchev–Trinajstić information content (AvgIpc) is 3.32. The molecule has 25 heavy (non-hydrogen) atoms. The highest BCUT2D eigenvalue weighted by atomic mass is 32.1. The Labute approximate surface area is 151 Å². The number of rotatable bonds is 5. The van der Waals surface area contributed by atoms with Crippen molar-refractivity contribution in [2.45, 2.75) is 26.9 Å². The lowest BCUT2D eigenvalue weighted by molar-refractivity contribution is 0.112. The molecule has 4 heterocycles. The van der Waals surface area contributed by atoms with Crippen molar-refractivity contribution in [3.05, 3.63) is 46.5 Å². The van der Waals surface area contributed by atoms with Gasteiger partial charge in [-0.05, 0) is 25.3 Å². The van der Waals surface area contributed by atoms with E-state index < -0.39 is 0 Å². The molecule has 0 atom stereocenters. The third kappa shape index (κ3) is 3.84. The summed E-state index contributed by atoms with van der Waals surface area (Å²) in [4.78, 5) is 10.6. The van der Waals surface area contributed by atoms with Crippen LogP contribution in [0.5, 0.6) is 0 Å². The number of aromatic nitrogens is 2. The molecule has 4 rings (SSSR count). The van der Waals surface area contributed by atoms with Crippen LogP contribution in [0.3, 0.4) is 0 Å². The molecule has 0 amide bonds. The van der Waals surface area contributed by atoms with E-state index in [9.17, 15) is 0 Å². The Kier molecular flexibility index (Phi) is 4.70. The molecule has 7 heteroatoms. The summed E-state index contributed by atoms with van der Waals surface area (Å²) in [5.41, 5.74) is 1.99. The van der Waals surface area contributed by atoms with Crippen molar-refractivity contribution in [1.82, 2.24) is 19.9 Å². The second kappa shape index (κ2) is 7.11. The van der Waals surface area contributed by atoms with Gasteiger partial charge in [0.1, 0.15) is 5.76 Å². The van der Waals surface area contributed by atoms with Crippen LogP contribution in [0.25, 0.3) is 10.8 Å². The first-order chi connectivity index (χ1) is 12.2. The van der Waals surface area contributed by atoms with Crippen LogP contribution in [0.2, 0.25) is 0 Å². The Morgan fingerprint density at radius 2 is 1.88 bits per heavy atom. The largest absolute Gasteiger partial charge is 0.440 e. The Morgan fingerprint density at radius 1 is 1.12 bits per heavy atom. The van der Waals surface area contributed by atoms with E-state index in [-0.39, 0.29) is 0 Å². The second-order valence-electron chi connectivity index (χ2n) is 6.49. The van der Waals surface area contributed by atoms with Crippen LogP contribution in [0.4, 0.5) is 0 Å². The molecular weight excluding hydrogens is 336 g/mol. The fourth-order valence-electron chi connectivity index (χ4n) is 3.11. The van der Waals surface area contributed by atoms with Gasteiger partial charge in [-0.2, -0.15) is 0 Å². The van der Waals surface area contributed by atoms with E-state index in [2.05, 4.69) is 15.0 Å². The zero-order valence-corrected chi connectivity index (χ0v) is 15.4.